The molecule has 0 spiro atoms. The van der Waals surface area contributed by atoms with Crippen LogP contribution >= 0.6 is 11.6 Å². The molecule has 0 saturated heterocycles. The van der Waals surface area contributed by atoms with Crippen LogP contribution in [0.25, 0.3) is 0 Å². The van der Waals surface area contributed by atoms with Gasteiger partial charge in [0.1, 0.15) is 6.04 Å². The Morgan fingerprint density at radius 1 is 1.05 bits per heavy atom. The summed E-state index contributed by atoms with van der Waals surface area (Å²) in [6, 6.07) is 19.0. The Hall–Kier alpha value is -1.57. The van der Waals surface area contributed by atoms with Crippen molar-refractivity contribution < 1.29 is 4.48 Å². The Kier molecular flexibility index (Phi) is 4.64. The zero-order valence-electron chi connectivity index (χ0n) is 12.1. The topological polar surface area (TPSA) is 0 Å². The molecule has 1 nitrogen and oxygen atoms in total. The van der Waals surface area contributed by atoms with Crippen molar-refractivity contribution in [3.63, 3.8) is 0 Å². The average Bonchev–Trinajstić information content (AvgIpc) is 2.47. The van der Waals surface area contributed by atoms with Gasteiger partial charge < -0.3 is 0 Å². The lowest BCUT2D eigenvalue weighted by atomic mass is 9.96. The molecular weight excluding hydrogens is 266 g/mol. The second-order valence-electron chi connectivity index (χ2n) is 5.57. The lowest BCUT2D eigenvalue weighted by Gasteiger charge is -2.35. The first-order valence-corrected chi connectivity index (χ1v) is 7.17. The van der Waals surface area contributed by atoms with E-state index in [4.69, 9.17) is 11.6 Å². The van der Waals surface area contributed by atoms with E-state index in [-0.39, 0.29) is 0 Å². The van der Waals surface area contributed by atoms with E-state index in [9.17, 15) is 0 Å². The molecule has 1 atom stereocenters. The van der Waals surface area contributed by atoms with Crippen LogP contribution in [0.1, 0.15) is 17.2 Å². The Morgan fingerprint density at radius 2 is 1.65 bits per heavy atom. The van der Waals surface area contributed by atoms with Gasteiger partial charge in [0.25, 0.3) is 0 Å². The van der Waals surface area contributed by atoms with E-state index in [0.717, 1.165) is 15.9 Å². The SMILES string of the molecule is C=C[N+](C)(C)C(Cc1ccccc1)c1ccc(Cl)cc1. The molecule has 2 rings (SSSR count). The molecule has 104 valence electrons. The molecule has 2 aromatic carbocycles. The van der Waals surface area contributed by atoms with Crippen LogP contribution in [0.15, 0.2) is 67.4 Å². The van der Waals surface area contributed by atoms with Gasteiger partial charge in [-0.1, -0.05) is 54.1 Å². The van der Waals surface area contributed by atoms with E-state index in [2.05, 4.69) is 57.1 Å². The first-order valence-electron chi connectivity index (χ1n) is 6.79. The number of rotatable bonds is 5. The smallest absolute Gasteiger partial charge is 0.122 e. The van der Waals surface area contributed by atoms with Gasteiger partial charge in [-0.3, -0.25) is 4.48 Å². The van der Waals surface area contributed by atoms with Crippen molar-refractivity contribution in [2.75, 3.05) is 14.1 Å². The Labute approximate surface area is 126 Å². The molecule has 0 aliphatic rings. The van der Waals surface area contributed by atoms with Gasteiger partial charge in [0.15, 0.2) is 0 Å². The molecule has 0 radical (unpaired) electrons. The molecule has 0 amide bonds. The minimum absolute atomic E-state index is 0.326. The number of nitrogens with zero attached hydrogens (tertiary/aromatic N) is 1. The van der Waals surface area contributed by atoms with E-state index in [1.807, 2.05) is 24.4 Å². The lowest BCUT2D eigenvalue weighted by molar-refractivity contribution is -0.871. The maximum Gasteiger partial charge on any atom is 0.122 e. The third-order valence-electron chi connectivity index (χ3n) is 3.80. The second kappa shape index (κ2) is 6.25. The molecule has 0 saturated carbocycles. The number of hydrogen-bond donors (Lipinski definition) is 0. The van der Waals surface area contributed by atoms with Crippen molar-refractivity contribution in [3.05, 3.63) is 83.5 Å². The standard InChI is InChI=1S/C18H21ClN/c1-4-20(2,3)18(14-15-8-6-5-7-9-15)16-10-12-17(19)13-11-16/h4-13,18H,1,14H2,2-3H3/q+1. The fourth-order valence-corrected chi connectivity index (χ4v) is 2.51. The third-order valence-corrected chi connectivity index (χ3v) is 4.05. The minimum Gasteiger partial charge on any atom is -0.296 e. The van der Waals surface area contributed by atoms with Crippen molar-refractivity contribution in [1.29, 1.82) is 0 Å². The van der Waals surface area contributed by atoms with Gasteiger partial charge in [-0.2, -0.15) is 0 Å². The summed E-state index contributed by atoms with van der Waals surface area (Å²) in [4.78, 5) is 0. The maximum absolute atomic E-state index is 6.00. The first-order chi connectivity index (χ1) is 9.53. The molecular formula is C18H21ClN+. The normalized spacial score (nSPS) is 12.9. The molecule has 0 aliphatic heterocycles. The highest BCUT2D eigenvalue weighted by molar-refractivity contribution is 6.30. The Morgan fingerprint density at radius 3 is 2.20 bits per heavy atom. The van der Waals surface area contributed by atoms with Gasteiger partial charge >= 0.3 is 0 Å². The predicted molar refractivity (Wildman–Crippen MR) is 86.6 cm³/mol. The first kappa shape index (κ1) is 14.8. The summed E-state index contributed by atoms with van der Waals surface area (Å²) >= 11 is 6.00. The second-order valence-corrected chi connectivity index (χ2v) is 6.01. The molecule has 0 heterocycles. The Bertz CT molecular complexity index is 558. The molecule has 0 bridgehead atoms. The van der Waals surface area contributed by atoms with Crippen molar-refractivity contribution in [3.8, 4) is 0 Å². The number of quaternary nitrogens is 1. The average molecular weight is 287 g/mol. The molecule has 2 aromatic rings. The van der Waals surface area contributed by atoms with Crippen LogP contribution in [0.5, 0.6) is 0 Å². The van der Waals surface area contributed by atoms with Crippen LogP contribution < -0.4 is 0 Å². The zero-order valence-corrected chi connectivity index (χ0v) is 12.8. The molecule has 0 fully saturated rings. The van der Waals surface area contributed by atoms with Gasteiger partial charge in [-0.25, -0.2) is 0 Å². The summed E-state index contributed by atoms with van der Waals surface area (Å²) in [5, 5.41) is 0.774. The van der Waals surface area contributed by atoms with Crippen LogP contribution in [0.2, 0.25) is 5.02 Å². The van der Waals surface area contributed by atoms with Crippen molar-refractivity contribution >= 4 is 11.6 Å². The highest BCUT2D eigenvalue weighted by Crippen LogP contribution is 2.30. The van der Waals surface area contributed by atoms with Gasteiger partial charge in [0.2, 0.25) is 0 Å². The fourth-order valence-electron chi connectivity index (χ4n) is 2.39. The Balaban J connectivity index is 2.35. The number of halogens is 1. The van der Waals surface area contributed by atoms with Crippen molar-refractivity contribution in [2.45, 2.75) is 12.5 Å². The van der Waals surface area contributed by atoms with Gasteiger partial charge in [0.05, 0.1) is 20.3 Å². The van der Waals surface area contributed by atoms with Crippen LogP contribution in [0, 0.1) is 0 Å². The molecule has 1 unspecified atom stereocenters. The highest BCUT2D eigenvalue weighted by Gasteiger charge is 2.27. The predicted octanol–water partition coefficient (Wildman–Crippen LogP) is 4.84. The van der Waals surface area contributed by atoms with Crippen molar-refractivity contribution in [1.82, 2.24) is 0 Å². The highest BCUT2D eigenvalue weighted by atomic mass is 35.5. The number of hydrogen-bond acceptors (Lipinski definition) is 0. The monoisotopic (exact) mass is 286 g/mol. The van der Waals surface area contributed by atoms with Gasteiger partial charge in [-0.15, -0.1) is 0 Å². The summed E-state index contributed by atoms with van der Waals surface area (Å²) in [6.45, 7) is 3.98. The summed E-state index contributed by atoms with van der Waals surface area (Å²) in [7, 11) is 4.35. The van der Waals surface area contributed by atoms with E-state index in [0.29, 0.717) is 6.04 Å². The number of benzene rings is 2. The lowest BCUT2D eigenvalue weighted by Crippen LogP contribution is -2.38. The fraction of sp³-hybridized carbons (Fsp3) is 0.222. The third kappa shape index (κ3) is 3.50. The van der Waals surface area contributed by atoms with Crippen LogP contribution in [-0.2, 0) is 6.42 Å². The summed E-state index contributed by atoms with van der Waals surface area (Å²) in [5.74, 6) is 0. The number of likely N-dealkylation sites (N-methyl/N-ethyl adjacent to an activating group) is 1. The minimum atomic E-state index is 0.326. The molecule has 0 aliphatic carbocycles. The molecule has 0 N–H and O–H groups in total. The molecule has 0 aromatic heterocycles. The zero-order chi connectivity index (χ0) is 14.6. The van der Waals surface area contributed by atoms with E-state index in [1.54, 1.807) is 0 Å². The van der Waals surface area contributed by atoms with Gasteiger partial charge in [0, 0.05) is 17.0 Å². The van der Waals surface area contributed by atoms with Crippen LogP contribution in [0.3, 0.4) is 0 Å². The summed E-state index contributed by atoms with van der Waals surface area (Å²) in [5.41, 5.74) is 2.61. The summed E-state index contributed by atoms with van der Waals surface area (Å²) in [6.07, 6.45) is 2.96. The van der Waals surface area contributed by atoms with Crippen LogP contribution in [0.4, 0.5) is 0 Å². The van der Waals surface area contributed by atoms with Gasteiger partial charge in [-0.05, 0) is 24.3 Å². The quantitative estimate of drug-likeness (QED) is 0.690. The largest absolute Gasteiger partial charge is 0.296 e. The maximum atomic E-state index is 6.00. The summed E-state index contributed by atoms with van der Waals surface area (Å²) < 4.78 is 0.733. The van der Waals surface area contributed by atoms with E-state index < -0.39 is 0 Å². The van der Waals surface area contributed by atoms with E-state index in [1.165, 1.54) is 11.1 Å². The van der Waals surface area contributed by atoms with Crippen LogP contribution in [-0.4, -0.2) is 18.6 Å². The molecule has 2 heteroatoms. The molecule has 20 heavy (non-hydrogen) atoms. The van der Waals surface area contributed by atoms with E-state index >= 15 is 0 Å². The van der Waals surface area contributed by atoms with Crippen molar-refractivity contribution in [2.24, 2.45) is 0 Å².